The van der Waals surface area contributed by atoms with E-state index >= 15 is 0 Å². The van der Waals surface area contributed by atoms with Crippen LogP contribution in [-0.2, 0) is 11.3 Å². The summed E-state index contributed by atoms with van der Waals surface area (Å²) < 4.78 is 0. The highest BCUT2D eigenvalue weighted by molar-refractivity contribution is 5.76. The van der Waals surface area contributed by atoms with Gasteiger partial charge in [-0.15, -0.1) is 0 Å². The molecule has 0 aliphatic carbocycles. The Morgan fingerprint density at radius 1 is 1.39 bits per heavy atom. The molecule has 0 radical (unpaired) electrons. The van der Waals surface area contributed by atoms with Crippen LogP contribution >= 0.6 is 0 Å². The Kier molecular flexibility index (Phi) is 6.60. The molecule has 0 aromatic heterocycles. The Labute approximate surface area is 140 Å². The summed E-state index contributed by atoms with van der Waals surface area (Å²) >= 11 is 0. The van der Waals surface area contributed by atoms with E-state index < -0.39 is 0 Å². The molecule has 4 nitrogen and oxygen atoms in total. The van der Waals surface area contributed by atoms with Crippen molar-refractivity contribution in [1.82, 2.24) is 9.80 Å². The van der Waals surface area contributed by atoms with Gasteiger partial charge in [-0.2, -0.15) is 0 Å². The van der Waals surface area contributed by atoms with Crippen LogP contribution in [0.5, 0.6) is 0 Å². The minimum Gasteiger partial charge on any atom is -0.343 e. The second-order valence-corrected chi connectivity index (χ2v) is 7.00. The van der Waals surface area contributed by atoms with Crippen LogP contribution in [0.1, 0.15) is 45.1 Å². The smallest absolute Gasteiger partial charge is 0.222 e. The van der Waals surface area contributed by atoms with Crippen molar-refractivity contribution in [3.63, 3.8) is 0 Å². The summed E-state index contributed by atoms with van der Waals surface area (Å²) in [6.45, 7) is 6.27. The van der Waals surface area contributed by atoms with Crippen molar-refractivity contribution < 1.29 is 4.79 Å². The normalized spacial score (nSPS) is 23.5. The predicted molar refractivity (Wildman–Crippen MR) is 95.0 cm³/mol. The lowest BCUT2D eigenvalue weighted by molar-refractivity contribution is -0.133. The second-order valence-electron chi connectivity index (χ2n) is 7.00. The number of piperidine rings is 1. The van der Waals surface area contributed by atoms with Crippen LogP contribution in [0.15, 0.2) is 30.3 Å². The first-order chi connectivity index (χ1) is 11.0. The molecular formula is C19H31N3O. The maximum atomic E-state index is 12.3. The van der Waals surface area contributed by atoms with E-state index in [1.807, 2.05) is 18.9 Å². The van der Waals surface area contributed by atoms with Crippen LogP contribution in [0, 0.1) is 0 Å². The van der Waals surface area contributed by atoms with Gasteiger partial charge >= 0.3 is 0 Å². The first-order valence-corrected chi connectivity index (χ1v) is 8.76. The summed E-state index contributed by atoms with van der Waals surface area (Å²) in [4.78, 5) is 16.8. The molecule has 0 spiro atoms. The fraction of sp³-hybridized carbons (Fsp3) is 0.632. The van der Waals surface area contributed by atoms with Gasteiger partial charge in [0.25, 0.3) is 0 Å². The number of carbonyl (C=O) groups excluding carboxylic acids is 1. The molecule has 0 saturated carbocycles. The molecule has 128 valence electrons. The monoisotopic (exact) mass is 317 g/mol. The Balaban J connectivity index is 1.84. The van der Waals surface area contributed by atoms with E-state index in [-0.39, 0.29) is 11.9 Å². The zero-order chi connectivity index (χ0) is 16.8. The van der Waals surface area contributed by atoms with Crippen LogP contribution in [0.25, 0.3) is 0 Å². The average molecular weight is 317 g/mol. The van der Waals surface area contributed by atoms with Gasteiger partial charge in [0, 0.05) is 44.7 Å². The van der Waals surface area contributed by atoms with Crippen LogP contribution in [-0.4, -0.2) is 47.4 Å². The lowest BCUT2D eigenvalue weighted by Crippen LogP contribution is -2.49. The lowest BCUT2D eigenvalue weighted by atomic mass is 9.96. The fourth-order valence-electron chi connectivity index (χ4n) is 3.33. The van der Waals surface area contributed by atoms with Crippen molar-refractivity contribution in [3.05, 3.63) is 35.9 Å². The quantitative estimate of drug-likeness (QED) is 0.877. The van der Waals surface area contributed by atoms with Gasteiger partial charge in [0.1, 0.15) is 0 Å². The van der Waals surface area contributed by atoms with Crippen LogP contribution in [0.2, 0.25) is 0 Å². The van der Waals surface area contributed by atoms with E-state index in [1.54, 1.807) is 0 Å². The number of benzene rings is 1. The number of nitrogens with two attached hydrogens (primary N) is 1. The molecular weight excluding hydrogens is 286 g/mol. The molecule has 1 fully saturated rings. The standard InChI is InChI=1S/C19H31N3O/c1-15(20)9-10-19(23)21(3)18-11-12-22(16(2)13-18)14-17-7-5-4-6-8-17/h4-8,15-16,18H,9-14,20H2,1-3H3. The first-order valence-electron chi connectivity index (χ1n) is 8.76. The molecule has 1 heterocycles. The average Bonchev–Trinajstić information content (AvgIpc) is 2.54. The highest BCUT2D eigenvalue weighted by Crippen LogP contribution is 2.23. The maximum absolute atomic E-state index is 12.3. The number of hydrogen-bond acceptors (Lipinski definition) is 3. The third-order valence-corrected chi connectivity index (χ3v) is 4.97. The highest BCUT2D eigenvalue weighted by Gasteiger charge is 2.29. The lowest BCUT2D eigenvalue weighted by Gasteiger charge is -2.41. The molecule has 1 aliphatic heterocycles. The second kappa shape index (κ2) is 8.46. The predicted octanol–water partition coefficient (Wildman–Crippen LogP) is 2.63. The third kappa shape index (κ3) is 5.33. The zero-order valence-electron chi connectivity index (χ0n) is 14.7. The van der Waals surface area contributed by atoms with Gasteiger partial charge in [0.05, 0.1) is 0 Å². The summed E-state index contributed by atoms with van der Waals surface area (Å²) in [6, 6.07) is 11.6. The molecule has 4 heteroatoms. The molecule has 3 unspecified atom stereocenters. The van der Waals surface area contributed by atoms with Crippen molar-refractivity contribution in [2.75, 3.05) is 13.6 Å². The fourth-order valence-corrected chi connectivity index (χ4v) is 3.33. The molecule has 2 N–H and O–H groups in total. The van der Waals surface area contributed by atoms with E-state index in [2.05, 4.69) is 42.2 Å². The van der Waals surface area contributed by atoms with Gasteiger partial charge < -0.3 is 10.6 Å². The number of carbonyl (C=O) groups is 1. The number of hydrogen-bond donors (Lipinski definition) is 1. The molecule has 23 heavy (non-hydrogen) atoms. The summed E-state index contributed by atoms with van der Waals surface area (Å²) in [7, 11) is 1.95. The number of likely N-dealkylation sites (tertiary alicyclic amines) is 1. The largest absolute Gasteiger partial charge is 0.343 e. The van der Waals surface area contributed by atoms with Crippen LogP contribution < -0.4 is 5.73 Å². The minimum absolute atomic E-state index is 0.0963. The van der Waals surface area contributed by atoms with Gasteiger partial charge in [-0.05, 0) is 38.7 Å². The van der Waals surface area contributed by atoms with Crippen LogP contribution in [0.3, 0.4) is 0 Å². The Hall–Kier alpha value is -1.39. The molecule has 1 amide bonds. The molecule has 2 rings (SSSR count). The molecule has 0 bridgehead atoms. The van der Waals surface area contributed by atoms with E-state index in [0.717, 1.165) is 32.4 Å². The zero-order valence-corrected chi connectivity index (χ0v) is 14.7. The van der Waals surface area contributed by atoms with Crippen molar-refractivity contribution in [1.29, 1.82) is 0 Å². The summed E-state index contributed by atoms with van der Waals surface area (Å²) in [6.07, 6.45) is 3.43. The maximum Gasteiger partial charge on any atom is 0.222 e. The van der Waals surface area contributed by atoms with Gasteiger partial charge in [0.15, 0.2) is 0 Å². The number of amides is 1. The van der Waals surface area contributed by atoms with Gasteiger partial charge in [-0.3, -0.25) is 9.69 Å². The number of nitrogens with zero attached hydrogens (tertiary/aromatic N) is 2. The number of rotatable bonds is 6. The Morgan fingerprint density at radius 2 is 2.09 bits per heavy atom. The van der Waals surface area contributed by atoms with Crippen molar-refractivity contribution in [3.8, 4) is 0 Å². The van der Waals surface area contributed by atoms with Crippen LogP contribution in [0.4, 0.5) is 0 Å². The molecule has 1 aromatic rings. The van der Waals surface area contributed by atoms with Crippen molar-refractivity contribution in [2.45, 2.75) is 64.2 Å². The minimum atomic E-state index is 0.0963. The van der Waals surface area contributed by atoms with Gasteiger partial charge in [-0.1, -0.05) is 30.3 Å². The molecule has 1 aromatic carbocycles. The van der Waals surface area contributed by atoms with E-state index in [1.165, 1.54) is 5.56 Å². The topological polar surface area (TPSA) is 49.6 Å². The Morgan fingerprint density at radius 3 is 2.70 bits per heavy atom. The third-order valence-electron chi connectivity index (χ3n) is 4.97. The van der Waals surface area contributed by atoms with E-state index in [0.29, 0.717) is 18.5 Å². The van der Waals surface area contributed by atoms with E-state index in [9.17, 15) is 4.79 Å². The molecule has 3 atom stereocenters. The highest BCUT2D eigenvalue weighted by atomic mass is 16.2. The Bertz CT molecular complexity index is 489. The molecule has 1 aliphatic rings. The van der Waals surface area contributed by atoms with Gasteiger partial charge in [0.2, 0.25) is 5.91 Å². The summed E-state index contributed by atoms with van der Waals surface area (Å²) in [5.41, 5.74) is 7.12. The van der Waals surface area contributed by atoms with Gasteiger partial charge in [-0.25, -0.2) is 0 Å². The SMILES string of the molecule is CC(N)CCC(=O)N(C)C1CCN(Cc2ccccc2)C(C)C1. The summed E-state index contributed by atoms with van der Waals surface area (Å²) in [5, 5.41) is 0. The molecule has 1 saturated heterocycles. The van der Waals surface area contributed by atoms with Crippen molar-refractivity contribution in [2.24, 2.45) is 5.73 Å². The summed E-state index contributed by atoms with van der Waals surface area (Å²) in [5.74, 6) is 0.232. The first kappa shape index (κ1) is 18.0. The van der Waals surface area contributed by atoms with E-state index in [4.69, 9.17) is 5.73 Å². The van der Waals surface area contributed by atoms with Crippen molar-refractivity contribution >= 4 is 5.91 Å².